The molecule has 0 fully saturated rings. The molecule has 3 nitrogen and oxygen atoms in total. The molecule has 0 heterocycles. The van der Waals surface area contributed by atoms with Gasteiger partial charge >= 0.3 is 0 Å². The van der Waals surface area contributed by atoms with E-state index in [4.69, 9.17) is 5.73 Å². The van der Waals surface area contributed by atoms with E-state index in [0.717, 1.165) is 14.5 Å². The van der Waals surface area contributed by atoms with Gasteiger partial charge in [0.25, 0.3) is 5.91 Å². The van der Waals surface area contributed by atoms with Gasteiger partial charge in [0.1, 0.15) is 0 Å². The van der Waals surface area contributed by atoms with Crippen molar-refractivity contribution in [1.29, 1.82) is 0 Å². The minimum absolute atomic E-state index is 0.158. The van der Waals surface area contributed by atoms with Crippen LogP contribution in [0.15, 0.2) is 45.3 Å². The smallest absolute Gasteiger partial charge is 0.255 e. The zero-order valence-electron chi connectivity index (χ0n) is 10.2. The SMILES string of the molecule is Cc1cc(Br)cc(C(=O)Nc2ccc(N)cc2Br)c1. The van der Waals surface area contributed by atoms with E-state index in [0.29, 0.717) is 16.9 Å². The molecule has 0 aliphatic carbocycles. The maximum absolute atomic E-state index is 12.2. The number of hydrogen-bond donors (Lipinski definition) is 2. The van der Waals surface area contributed by atoms with Crippen molar-refractivity contribution in [3.8, 4) is 0 Å². The van der Waals surface area contributed by atoms with Crippen molar-refractivity contribution in [1.82, 2.24) is 0 Å². The first-order chi connectivity index (χ1) is 8.95. The molecule has 0 aliphatic heterocycles. The molecule has 0 unspecified atom stereocenters. The maximum atomic E-state index is 12.2. The average molecular weight is 384 g/mol. The summed E-state index contributed by atoms with van der Waals surface area (Å²) in [4.78, 5) is 12.2. The Morgan fingerprint density at radius 2 is 1.89 bits per heavy atom. The van der Waals surface area contributed by atoms with Gasteiger partial charge in [0.15, 0.2) is 0 Å². The van der Waals surface area contributed by atoms with Crippen LogP contribution < -0.4 is 11.1 Å². The van der Waals surface area contributed by atoms with E-state index < -0.39 is 0 Å². The van der Waals surface area contributed by atoms with Crippen molar-refractivity contribution in [2.45, 2.75) is 6.92 Å². The van der Waals surface area contributed by atoms with E-state index in [1.165, 1.54) is 0 Å². The predicted octanol–water partition coefficient (Wildman–Crippen LogP) is 4.35. The van der Waals surface area contributed by atoms with Crippen LogP contribution in [-0.2, 0) is 0 Å². The molecular formula is C14H12Br2N2O. The van der Waals surface area contributed by atoms with Crippen LogP contribution in [0.5, 0.6) is 0 Å². The number of nitrogens with two attached hydrogens (primary N) is 1. The Kier molecular flexibility index (Phi) is 4.27. The van der Waals surface area contributed by atoms with Crippen molar-refractivity contribution in [2.24, 2.45) is 0 Å². The highest BCUT2D eigenvalue weighted by Crippen LogP contribution is 2.25. The number of carbonyl (C=O) groups excluding carboxylic acids is 1. The quantitative estimate of drug-likeness (QED) is 0.757. The minimum Gasteiger partial charge on any atom is -0.399 e. The third-order valence-electron chi connectivity index (χ3n) is 2.55. The highest BCUT2D eigenvalue weighted by Gasteiger charge is 2.09. The lowest BCUT2D eigenvalue weighted by molar-refractivity contribution is 0.102. The Bertz CT molecular complexity index is 621. The molecule has 19 heavy (non-hydrogen) atoms. The number of benzene rings is 2. The number of halogens is 2. The Labute approximate surface area is 128 Å². The van der Waals surface area contributed by atoms with Gasteiger partial charge in [-0.05, 0) is 64.8 Å². The number of anilines is 2. The van der Waals surface area contributed by atoms with Crippen molar-refractivity contribution in [3.63, 3.8) is 0 Å². The molecule has 0 atom stereocenters. The summed E-state index contributed by atoms with van der Waals surface area (Å²) in [5.41, 5.74) is 8.62. The normalized spacial score (nSPS) is 10.3. The third kappa shape index (κ3) is 3.58. The number of carbonyl (C=O) groups is 1. The zero-order valence-corrected chi connectivity index (χ0v) is 13.4. The molecule has 3 N–H and O–H groups in total. The van der Waals surface area contributed by atoms with Gasteiger partial charge in [-0.15, -0.1) is 0 Å². The first-order valence-electron chi connectivity index (χ1n) is 5.59. The van der Waals surface area contributed by atoms with E-state index >= 15 is 0 Å². The van der Waals surface area contributed by atoms with Crippen LogP contribution in [0, 0.1) is 6.92 Å². The van der Waals surface area contributed by atoms with Crippen LogP contribution in [0.3, 0.4) is 0 Å². The summed E-state index contributed by atoms with van der Waals surface area (Å²) in [6.07, 6.45) is 0. The van der Waals surface area contributed by atoms with Crippen LogP contribution in [0.4, 0.5) is 11.4 Å². The molecule has 0 radical (unpaired) electrons. The molecule has 2 aromatic carbocycles. The van der Waals surface area contributed by atoms with E-state index in [1.807, 2.05) is 19.1 Å². The van der Waals surface area contributed by atoms with Gasteiger partial charge in [-0.2, -0.15) is 0 Å². The molecule has 1 amide bonds. The number of aryl methyl sites for hydroxylation is 1. The van der Waals surface area contributed by atoms with E-state index in [-0.39, 0.29) is 5.91 Å². The van der Waals surface area contributed by atoms with Crippen LogP contribution in [0.1, 0.15) is 15.9 Å². The highest BCUT2D eigenvalue weighted by molar-refractivity contribution is 9.10. The van der Waals surface area contributed by atoms with Gasteiger partial charge in [-0.1, -0.05) is 15.9 Å². The molecule has 5 heteroatoms. The van der Waals surface area contributed by atoms with Crippen molar-refractivity contribution >= 4 is 49.1 Å². The summed E-state index contributed by atoms with van der Waals surface area (Å²) in [5.74, 6) is -0.158. The standard InChI is InChI=1S/C14H12Br2N2O/c1-8-4-9(6-10(15)5-8)14(19)18-13-3-2-11(17)7-12(13)16/h2-7H,17H2,1H3,(H,18,19). The molecule has 98 valence electrons. The Hall–Kier alpha value is -1.33. The molecule has 0 saturated carbocycles. The molecule has 0 spiro atoms. The molecule has 0 bridgehead atoms. The molecule has 2 aromatic rings. The fraction of sp³-hybridized carbons (Fsp3) is 0.0714. The minimum atomic E-state index is -0.158. The van der Waals surface area contributed by atoms with Crippen molar-refractivity contribution in [3.05, 3.63) is 56.5 Å². The Morgan fingerprint density at radius 3 is 2.53 bits per heavy atom. The Morgan fingerprint density at radius 1 is 1.16 bits per heavy atom. The number of rotatable bonds is 2. The lowest BCUT2D eigenvalue weighted by Gasteiger charge is -2.09. The second kappa shape index (κ2) is 5.75. The highest BCUT2D eigenvalue weighted by atomic mass is 79.9. The summed E-state index contributed by atoms with van der Waals surface area (Å²) in [6.45, 7) is 1.95. The van der Waals surface area contributed by atoms with Gasteiger partial charge in [-0.3, -0.25) is 4.79 Å². The number of nitrogen functional groups attached to an aromatic ring is 1. The summed E-state index contributed by atoms with van der Waals surface area (Å²) in [7, 11) is 0. The molecule has 0 aromatic heterocycles. The summed E-state index contributed by atoms with van der Waals surface area (Å²) in [6, 6.07) is 10.8. The topological polar surface area (TPSA) is 55.1 Å². The third-order valence-corrected chi connectivity index (χ3v) is 3.66. The van der Waals surface area contributed by atoms with Crippen molar-refractivity contribution in [2.75, 3.05) is 11.1 Å². The van der Waals surface area contributed by atoms with Crippen LogP contribution in [-0.4, -0.2) is 5.91 Å². The summed E-state index contributed by atoms with van der Waals surface area (Å²) < 4.78 is 1.64. The largest absolute Gasteiger partial charge is 0.399 e. The number of hydrogen-bond acceptors (Lipinski definition) is 2. The molecule has 0 saturated heterocycles. The van der Waals surface area contributed by atoms with Crippen LogP contribution in [0.2, 0.25) is 0 Å². The lowest BCUT2D eigenvalue weighted by atomic mass is 10.1. The second-order valence-electron chi connectivity index (χ2n) is 4.21. The van der Waals surface area contributed by atoms with Gasteiger partial charge in [0.2, 0.25) is 0 Å². The maximum Gasteiger partial charge on any atom is 0.255 e. The van der Waals surface area contributed by atoms with Crippen LogP contribution in [0.25, 0.3) is 0 Å². The Balaban J connectivity index is 2.25. The lowest BCUT2D eigenvalue weighted by Crippen LogP contribution is -2.12. The molecule has 2 rings (SSSR count). The summed E-state index contributed by atoms with van der Waals surface area (Å²) >= 11 is 6.76. The van der Waals surface area contributed by atoms with E-state index in [9.17, 15) is 4.79 Å². The predicted molar refractivity (Wildman–Crippen MR) is 85.4 cm³/mol. The van der Waals surface area contributed by atoms with Gasteiger partial charge in [0, 0.05) is 20.2 Å². The van der Waals surface area contributed by atoms with Crippen molar-refractivity contribution < 1.29 is 4.79 Å². The molecular weight excluding hydrogens is 372 g/mol. The second-order valence-corrected chi connectivity index (χ2v) is 5.98. The van der Waals surface area contributed by atoms with E-state index in [2.05, 4.69) is 37.2 Å². The molecule has 0 aliphatic rings. The first-order valence-corrected chi connectivity index (χ1v) is 7.18. The van der Waals surface area contributed by atoms with Gasteiger partial charge < -0.3 is 11.1 Å². The zero-order chi connectivity index (χ0) is 14.0. The summed E-state index contributed by atoms with van der Waals surface area (Å²) in [5, 5.41) is 2.85. The fourth-order valence-corrected chi connectivity index (χ4v) is 2.80. The fourth-order valence-electron chi connectivity index (χ4n) is 1.69. The average Bonchev–Trinajstić information content (AvgIpc) is 2.31. The number of nitrogens with one attached hydrogen (secondary N) is 1. The van der Waals surface area contributed by atoms with Gasteiger partial charge in [-0.25, -0.2) is 0 Å². The monoisotopic (exact) mass is 382 g/mol. The first kappa shape index (κ1) is 14.1. The van der Waals surface area contributed by atoms with Crippen LogP contribution >= 0.6 is 31.9 Å². The number of amides is 1. The van der Waals surface area contributed by atoms with Gasteiger partial charge in [0.05, 0.1) is 5.69 Å². The van der Waals surface area contributed by atoms with E-state index in [1.54, 1.807) is 24.3 Å².